The van der Waals surface area contributed by atoms with Crippen molar-refractivity contribution in [1.82, 2.24) is 20.8 Å². The number of carbonyl (C=O) groups is 2. The summed E-state index contributed by atoms with van der Waals surface area (Å²) in [5, 5.41) is 22.5. The number of ether oxygens (including phenoxy) is 1. The summed E-state index contributed by atoms with van der Waals surface area (Å²) in [4.78, 5) is 24.6. The molecule has 8 nitrogen and oxygen atoms in total. The Balaban J connectivity index is 1.26. The van der Waals surface area contributed by atoms with E-state index in [1.54, 1.807) is 6.07 Å². The summed E-state index contributed by atoms with van der Waals surface area (Å²) in [6.07, 6.45) is 3.15. The first-order valence-corrected chi connectivity index (χ1v) is 9.61. The molecule has 8 heteroatoms. The lowest BCUT2D eigenvalue weighted by molar-refractivity contribution is -0.127. The number of aromatic nitrogens is 2. The summed E-state index contributed by atoms with van der Waals surface area (Å²) in [5.74, 6) is 0.306. The van der Waals surface area contributed by atoms with Gasteiger partial charge in [-0.1, -0.05) is 12.1 Å². The molecule has 2 aromatic rings. The van der Waals surface area contributed by atoms with Crippen LogP contribution in [0.15, 0.2) is 30.5 Å². The van der Waals surface area contributed by atoms with Crippen molar-refractivity contribution in [3.63, 3.8) is 0 Å². The van der Waals surface area contributed by atoms with E-state index in [4.69, 9.17) is 4.74 Å². The van der Waals surface area contributed by atoms with Gasteiger partial charge in [0, 0.05) is 25.1 Å². The lowest BCUT2D eigenvalue weighted by Crippen LogP contribution is -2.49. The summed E-state index contributed by atoms with van der Waals surface area (Å²) in [6, 6.07) is 7.18. The molecule has 2 amide bonds. The highest BCUT2D eigenvalue weighted by molar-refractivity contribution is 5.92. The van der Waals surface area contributed by atoms with Gasteiger partial charge in [-0.15, -0.1) is 0 Å². The summed E-state index contributed by atoms with van der Waals surface area (Å²) in [7, 11) is 0. The smallest absolute Gasteiger partial charge is 0.269 e. The number of fused-ring (bicyclic) bond motifs is 1. The van der Waals surface area contributed by atoms with Crippen LogP contribution < -0.4 is 15.4 Å². The lowest BCUT2D eigenvalue weighted by Gasteiger charge is -2.32. The molecule has 0 radical (unpaired) electrons. The van der Waals surface area contributed by atoms with Crippen LogP contribution in [-0.4, -0.2) is 45.9 Å². The van der Waals surface area contributed by atoms with Crippen LogP contribution in [0.2, 0.25) is 0 Å². The zero-order valence-corrected chi connectivity index (χ0v) is 15.5. The molecule has 1 fully saturated rings. The Labute approximate surface area is 162 Å². The standard InChI is InChI=1S/C20H24N4O4/c25-17-10-14(2-3-15(17)23-20(27)16-5-7-22-24-16)19(26)21-11-12-1-4-18-13(9-12)6-8-28-18/h1,4-5,7,9,14-15,17,25H,2-3,6,8,10-11H2,(H,21,26)(H,22,24)(H,23,27)/t14-,15+,17+/m0/s1. The van der Waals surface area contributed by atoms with Crippen LogP contribution in [0.25, 0.3) is 0 Å². The summed E-state index contributed by atoms with van der Waals surface area (Å²) in [5.41, 5.74) is 2.57. The molecule has 148 valence electrons. The first-order chi connectivity index (χ1) is 13.6. The number of amides is 2. The minimum absolute atomic E-state index is 0.0610. The van der Waals surface area contributed by atoms with Crippen molar-refractivity contribution in [2.24, 2.45) is 5.92 Å². The van der Waals surface area contributed by atoms with Gasteiger partial charge < -0.3 is 20.5 Å². The maximum Gasteiger partial charge on any atom is 0.269 e. The Bertz CT molecular complexity index is 852. The van der Waals surface area contributed by atoms with E-state index in [0.29, 0.717) is 38.1 Å². The molecule has 1 saturated carbocycles. The van der Waals surface area contributed by atoms with E-state index in [1.165, 1.54) is 11.8 Å². The predicted molar refractivity (Wildman–Crippen MR) is 101 cm³/mol. The number of H-pyrrole nitrogens is 1. The van der Waals surface area contributed by atoms with Gasteiger partial charge in [0.05, 0.1) is 18.8 Å². The van der Waals surface area contributed by atoms with Gasteiger partial charge in [0.1, 0.15) is 11.4 Å². The molecule has 3 atom stereocenters. The molecular weight excluding hydrogens is 360 g/mol. The van der Waals surface area contributed by atoms with Gasteiger partial charge in [0.25, 0.3) is 5.91 Å². The number of nitrogens with one attached hydrogen (secondary N) is 3. The molecule has 1 aliphatic heterocycles. The molecule has 1 aliphatic carbocycles. The number of hydrogen-bond donors (Lipinski definition) is 4. The maximum atomic E-state index is 12.5. The molecular formula is C20H24N4O4. The van der Waals surface area contributed by atoms with Crippen LogP contribution in [0.4, 0.5) is 0 Å². The molecule has 0 unspecified atom stereocenters. The highest BCUT2D eigenvalue weighted by atomic mass is 16.5. The molecule has 2 aliphatic rings. The number of benzene rings is 1. The van der Waals surface area contributed by atoms with E-state index in [0.717, 1.165) is 17.7 Å². The van der Waals surface area contributed by atoms with E-state index in [2.05, 4.69) is 26.9 Å². The van der Waals surface area contributed by atoms with E-state index in [9.17, 15) is 14.7 Å². The molecule has 0 saturated heterocycles. The third-order valence-corrected chi connectivity index (χ3v) is 5.47. The average Bonchev–Trinajstić information content (AvgIpc) is 3.39. The summed E-state index contributed by atoms with van der Waals surface area (Å²) in [6.45, 7) is 1.17. The molecule has 4 rings (SSSR count). The number of aromatic amines is 1. The second-order valence-corrected chi connectivity index (χ2v) is 7.39. The molecule has 0 spiro atoms. The molecule has 28 heavy (non-hydrogen) atoms. The molecule has 0 bridgehead atoms. The summed E-state index contributed by atoms with van der Waals surface area (Å²) >= 11 is 0. The number of hydrogen-bond acceptors (Lipinski definition) is 5. The van der Waals surface area contributed by atoms with Gasteiger partial charge in [-0.2, -0.15) is 5.10 Å². The number of rotatable bonds is 5. The first kappa shape index (κ1) is 18.5. The first-order valence-electron chi connectivity index (χ1n) is 9.61. The van der Waals surface area contributed by atoms with E-state index >= 15 is 0 Å². The molecule has 2 heterocycles. The van der Waals surface area contributed by atoms with Gasteiger partial charge >= 0.3 is 0 Å². The van der Waals surface area contributed by atoms with Crippen molar-refractivity contribution in [2.75, 3.05) is 6.61 Å². The number of carbonyl (C=O) groups excluding carboxylic acids is 2. The van der Waals surface area contributed by atoms with E-state index in [1.807, 2.05) is 12.1 Å². The van der Waals surface area contributed by atoms with Crippen molar-refractivity contribution in [1.29, 1.82) is 0 Å². The van der Waals surface area contributed by atoms with Gasteiger partial charge in [-0.05, 0) is 42.5 Å². The van der Waals surface area contributed by atoms with Gasteiger partial charge in [0.15, 0.2) is 0 Å². The van der Waals surface area contributed by atoms with Crippen LogP contribution in [0.3, 0.4) is 0 Å². The van der Waals surface area contributed by atoms with Crippen molar-refractivity contribution in [2.45, 2.75) is 44.4 Å². The van der Waals surface area contributed by atoms with Crippen molar-refractivity contribution in [3.05, 3.63) is 47.3 Å². The number of aliphatic hydroxyl groups is 1. The molecule has 4 N–H and O–H groups in total. The minimum Gasteiger partial charge on any atom is -0.493 e. The maximum absolute atomic E-state index is 12.5. The van der Waals surface area contributed by atoms with Crippen LogP contribution >= 0.6 is 0 Å². The highest BCUT2D eigenvalue weighted by Crippen LogP contribution is 2.27. The Morgan fingerprint density at radius 1 is 1.29 bits per heavy atom. The third-order valence-electron chi connectivity index (χ3n) is 5.47. The van der Waals surface area contributed by atoms with Gasteiger partial charge in [0.2, 0.25) is 5.91 Å². The predicted octanol–water partition coefficient (Wildman–Crippen LogP) is 0.920. The van der Waals surface area contributed by atoms with Crippen LogP contribution in [0.1, 0.15) is 40.9 Å². The average molecular weight is 384 g/mol. The fraction of sp³-hybridized carbons (Fsp3) is 0.450. The third kappa shape index (κ3) is 4.01. The zero-order valence-electron chi connectivity index (χ0n) is 15.5. The Morgan fingerprint density at radius 3 is 2.96 bits per heavy atom. The zero-order chi connectivity index (χ0) is 19.5. The van der Waals surface area contributed by atoms with E-state index < -0.39 is 6.10 Å². The topological polar surface area (TPSA) is 116 Å². The number of aliphatic hydroxyl groups excluding tert-OH is 1. The fourth-order valence-corrected chi connectivity index (χ4v) is 3.87. The van der Waals surface area contributed by atoms with E-state index in [-0.39, 0.29) is 23.8 Å². The van der Waals surface area contributed by atoms with Crippen molar-refractivity contribution >= 4 is 11.8 Å². The summed E-state index contributed by atoms with van der Waals surface area (Å²) < 4.78 is 5.50. The van der Waals surface area contributed by atoms with Crippen LogP contribution in [0.5, 0.6) is 5.75 Å². The highest BCUT2D eigenvalue weighted by Gasteiger charge is 2.33. The van der Waals surface area contributed by atoms with Crippen molar-refractivity contribution in [3.8, 4) is 5.75 Å². The van der Waals surface area contributed by atoms with Crippen LogP contribution in [0, 0.1) is 5.92 Å². The lowest BCUT2D eigenvalue weighted by atomic mass is 9.83. The molecule has 1 aromatic heterocycles. The van der Waals surface area contributed by atoms with Crippen molar-refractivity contribution < 1.29 is 19.4 Å². The van der Waals surface area contributed by atoms with Crippen LogP contribution in [-0.2, 0) is 17.8 Å². The normalized spacial score (nSPS) is 23.5. The largest absolute Gasteiger partial charge is 0.493 e. The SMILES string of the molecule is O=C(N[C@@H]1CC[C@H](C(=O)NCc2ccc3c(c2)CCO3)C[C@H]1O)c1ccn[nH]1. The molecule has 1 aromatic carbocycles. The van der Waals surface area contributed by atoms with Gasteiger partial charge in [-0.3, -0.25) is 14.7 Å². The quantitative estimate of drug-likeness (QED) is 0.612. The Morgan fingerprint density at radius 2 is 2.18 bits per heavy atom. The Hall–Kier alpha value is -2.87. The van der Waals surface area contributed by atoms with Gasteiger partial charge in [-0.25, -0.2) is 0 Å². The second-order valence-electron chi connectivity index (χ2n) is 7.39. The minimum atomic E-state index is -0.756. The number of nitrogens with zero attached hydrogens (tertiary/aromatic N) is 1. The monoisotopic (exact) mass is 384 g/mol. The second kappa shape index (κ2) is 8.02. The fourth-order valence-electron chi connectivity index (χ4n) is 3.87. The Kier molecular flexibility index (Phi) is 5.29.